The molecule has 0 aromatic carbocycles. The topological polar surface area (TPSA) is 75.1 Å². The van der Waals surface area contributed by atoms with E-state index in [2.05, 4.69) is 35.4 Å². The van der Waals surface area contributed by atoms with Gasteiger partial charge in [0.1, 0.15) is 5.82 Å². The number of rotatable bonds is 5. The van der Waals surface area contributed by atoms with Crippen molar-refractivity contribution in [1.29, 1.82) is 0 Å². The minimum atomic E-state index is -0.771. The van der Waals surface area contributed by atoms with E-state index in [-0.39, 0.29) is 17.8 Å². The van der Waals surface area contributed by atoms with Crippen LogP contribution in [0.5, 0.6) is 0 Å². The summed E-state index contributed by atoms with van der Waals surface area (Å²) in [5.41, 5.74) is -0.0525. The third-order valence-corrected chi connectivity index (χ3v) is 2.89. The normalized spacial score (nSPS) is 13.4. The lowest BCUT2D eigenvalue weighted by Crippen LogP contribution is -2.16. The molecule has 5 nitrogen and oxygen atoms in total. The van der Waals surface area contributed by atoms with Gasteiger partial charge in [0.15, 0.2) is 0 Å². The van der Waals surface area contributed by atoms with E-state index in [1.54, 1.807) is 0 Å². The Morgan fingerprint density at radius 2 is 2.18 bits per heavy atom. The molecular formula is C11H19N3O2S. The highest BCUT2D eigenvalue weighted by molar-refractivity contribution is 7.09. The number of nitrogens with one attached hydrogen (secondary N) is 1. The van der Waals surface area contributed by atoms with Gasteiger partial charge in [0.2, 0.25) is 5.13 Å². The van der Waals surface area contributed by atoms with Crippen molar-refractivity contribution in [2.45, 2.75) is 39.5 Å². The summed E-state index contributed by atoms with van der Waals surface area (Å²) >= 11 is 1.32. The molecule has 0 spiro atoms. The molecule has 2 N–H and O–H groups in total. The molecule has 0 radical (unpaired) electrons. The van der Waals surface area contributed by atoms with Crippen molar-refractivity contribution in [3.05, 3.63) is 5.82 Å². The fraction of sp³-hybridized carbons (Fsp3) is 0.727. The number of aliphatic carboxylic acids is 1. The second-order valence-corrected chi connectivity index (χ2v) is 6.01. The van der Waals surface area contributed by atoms with Gasteiger partial charge in [-0.2, -0.15) is 4.37 Å². The molecule has 0 aliphatic heterocycles. The summed E-state index contributed by atoms with van der Waals surface area (Å²) in [7, 11) is 0. The first-order valence-electron chi connectivity index (χ1n) is 5.59. The molecule has 17 heavy (non-hydrogen) atoms. The second kappa shape index (κ2) is 5.44. The van der Waals surface area contributed by atoms with Crippen LogP contribution < -0.4 is 5.32 Å². The van der Waals surface area contributed by atoms with Gasteiger partial charge in [0, 0.05) is 29.9 Å². The molecule has 0 saturated heterocycles. The smallest absolute Gasteiger partial charge is 0.303 e. The molecule has 1 unspecified atom stereocenters. The van der Waals surface area contributed by atoms with Crippen LogP contribution in [0.15, 0.2) is 0 Å². The van der Waals surface area contributed by atoms with Crippen LogP contribution in [0.2, 0.25) is 0 Å². The number of carboxylic acid groups (broad SMARTS) is 1. The Bertz CT molecular complexity index is 384. The van der Waals surface area contributed by atoms with E-state index in [0.717, 1.165) is 11.0 Å². The standard InChI is InChI=1S/C11H19N3O2S/c1-7(5-8(15)16)6-12-10-13-9(14-17-10)11(2,3)4/h7H,5-6H2,1-4H3,(H,15,16)(H,12,13,14). The summed E-state index contributed by atoms with van der Waals surface area (Å²) in [6.45, 7) is 8.68. The van der Waals surface area contributed by atoms with E-state index in [1.165, 1.54) is 11.5 Å². The van der Waals surface area contributed by atoms with Gasteiger partial charge in [0.05, 0.1) is 0 Å². The Morgan fingerprint density at radius 3 is 2.65 bits per heavy atom. The highest BCUT2D eigenvalue weighted by Crippen LogP contribution is 2.23. The number of anilines is 1. The molecule has 0 saturated carbocycles. The molecule has 0 aliphatic rings. The molecule has 6 heteroatoms. The van der Waals surface area contributed by atoms with Crippen LogP contribution in [0, 0.1) is 5.92 Å². The van der Waals surface area contributed by atoms with Crippen molar-refractivity contribution < 1.29 is 9.90 Å². The van der Waals surface area contributed by atoms with Crippen LogP contribution in [-0.4, -0.2) is 27.0 Å². The average molecular weight is 257 g/mol. The Kier molecular flexibility index (Phi) is 4.45. The van der Waals surface area contributed by atoms with Gasteiger partial charge < -0.3 is 10.4 Å². The zero-order chi connectivity index (χ0) is 13.1. The molecule has 1 heterocycles. The lowest BCUT2D eigenvalue weighted by atomic mass is 9.96. The van der Waals surface area contributed by atoms with Crippen LogP contribution in [0.25, 0.3) is 0 Å². The summed E-state index contributed by atoms with van der Waals surface area (Å²) in [6.07, 6.45) is 0.165. The predicted molar refractivity (Wildman–Crippen MR) is 68.5 cm³/mol. The van der Waals surface area contributed by atoms with Crippen molar-refractivity contribution in [3.8, 4) is 0 Å². The molecule has 0 bridgehead atoms. The minimum absolute atomic E-state index is 0.0525. The SMILES string of the molecule is CC(CNc1nc(C(C)(C)C)ns1)CC(=O)O. The van der Waals surface area contributed by atoms with Crippen molar-refractivity contribution in [2.24, 2.45) is 5.92 Å². The zero-order valence-electron chi connectivity index (χ0n) is 10.6. The van der Waals surface area contributed by atoms with Crippen molar-refractivity contribution in [2.75, 3.05) is 11.9 Å². The maximum absolute atomic E-state index is 10.5. The van der Waals surface area contributed by atoms with Crippen LogP contribution >= 0.6 is 11.5 Å². The Labute approximate surface area is 105 Å². The molecule has 1 aromatic rings. The monoisotopic (exact) mass is 257 g/mol. The molecule has 0 fully saturated rings. The first-order chi connectivity index (χ1) is 7.79. The van der Waals surface area contributed by atoms with Gasteiger partial charge in [0.25, 0.3) is 0 Å². The molecule has 1 atom stereocenters. The van der Waals surface area contributed by atoms with Crippen molar-refractivity contribution in [1.82, 2.24) is 9.36 Å². The molecule has 0 amide bonds. The van der Waals surface area contributed by atoms with E-state index in [0.29, 0.717) is 6.54 Å². The third-order valence-electron chi connectivity index (χ3n) is 2.22. The highest BCUT2D eigenvalue weighted by atomic mass is 32.1. The fourth-order valence-electron chi connectivity index (χ4n) is 1.23. The third kappa shape index (κ3) is 4.68. The fourth-order valence-corrected chi connectivity index (χ4v) is 1.99. The molecule has 1 rings (SSSR count). The number of hydrogen-bond donors (Lipinski definition) is 2. The predicted octanol–water partition coefficient (Wildman–Crippen LogP) is 2.36. The van der Waals surface area contributed by atoms with E-state index < -0.39 is 5.97 Å². The molecule has 96 valence electrons. The van der Waals surface area contributed by atoms with Crippen LogP contribution in [0.4, 0.5) is 5.13 Å². The van der Waals surface area contributed by atoms with Gasteiger partial charge in [-0.25, -0.2) is 4.98 Å². The first-order valence-corrected chi connectivity index (χ1v) is 6.36. The number of carbonyl (C=O) groups is 1. The number of aromatic nitrogens is 2. The summed E-state index contributed by atoms with van der Waals surface area (Å²) in [6, 6.07) is 0. The van der Waals surface area contributed by atoms with Gasteiger partial charge in [-0.3, -0.25) is 4.79 Å². The Morgan fingerprint density at radius 1 is 1.53 bits per heavy atom. The second-order valence-electron chi connectivity index (χ2n) is 5.26. The van der Waals surface area contributed by atoms with E-state index in [9.17, 15) is 4.79 Å². The van der Waals surface area contributed by atoms with Gasteiger partial charge in [-0.1, -0.05) is 27.7 Å². The van der Waals surface area contributed by atoms with Crippen molar-refractivity contribution >= 4 is 22.6 Å². The van der Waals surface area contributed by atoms with Crippen molar-refractivity contribution in [3.63, 3.8) is 0 Å². The van der Waals surface area contributed by atoms with Gasteiger partial charge in [-0.05, 0) is 5.92 Å². The molecule has 1 aromatic heterocycles. The summed E-state index contributed by atoms with van der Waals surface area (Å²) in [5.74, 6) is 0.123. The lowest BCUT2D eigenvalue weighted by molar-refractivity contribution is -0.137. The van der Waals surface area contributed by atoms with Gasteiger partial charge >= 0.3 is 5.97 Å². The lowest BCUT2D eigenvalue weighted by Gasteiger charge is -2.12. The zero-order valence-corrected chi connectivity index (χ0v) is 11.5. The Balaban J connectivity index is 2.48. The van der Waals surface area contributed by atoms with E-state index >= 15 is 0 Å². The summed E-state index contributed by atoms with van der Waals surface area (Å²) in [4.78, 5) is 14.9. The van der Waals surface area contributed by atoms with E-state index in [1.807, 2.05) is 6.92 Å². The quantitative estimate of drug-likeness (QED) is 0.847. The average Bonchev–Trinajstić information content (AvgIpc) is 2.61. The maximum Gasteiger partial charge on any atom is 0.303 e. The molecule has 0 aliphatic carbocycles. The van der Waals surface area contributed by atoms with Crippen LogP contribution in [0.3, 0.4) is 0 Å². The van der Waals surface area contributed by atoms with Crippen LogP contribution in [0.1, 0.15) is 39.9 Å². The first kappa shape index (κ1) is 13.9. The largest absolute Gasteiger partial charge is 0.481 e. The number of carboxylic acids is 1. The highest BCUT2D eigenvalue weighted by Gasteiger charge is 2.19. The summed E-state index contributed by atoms with van der Waals surface area (Å²) < 4.78 is 4.28. The Hall–Kier alpha value is -1.17. The summed E-state index contributed by atoms with van der Waals surface area (Å²) in [5, 5.41) is 12.5. The minimum Gasteiger partial charge on any atom is -0.481 e. The van der Waals surface area contributed by atoms with E-state index in [4.69, 9.17) is 5.11 Å². The van der Waals surface area contributed by atoms with Crippen LogP contribution in [-0.2, 0) is 10.2 Å². The number of nitrogens with zero attached hydrogens (tertiary/aromatic N) is 2. The maximum atomic E-state index is 10.5. The molecular weight excluding hydrogens is 238 g/mol. The number of hydrogen-bond acceptors (Lipinski definition) is 5. The van der Waals surface area contributed by atoms with Gasteiger partial charge in [-0.15, -0.1) is 0 Å².